The van der Waals surface area contributed by atoms with Gasteiger partial charge in [-0.1, -0.05) is 0 Å². The molecule has 4 heteroatoms. The summed E-state index contributed by atoms with van der Waals surface area (Å²) in [4.78, 5) is 8.60. The van der Waals surface area contributed by atoms with Crippen LogP contribution in [0.2, 0.25) is 0 Å². The minimum absolute atomic E-state index is 0.684. The van der Waals surface area contributed by atoms with Gasteiger partial charge >= 0.3 is 0 Å². The van der Waals surface area contributed by atoms with Crippen molar-refractivity contribution in [1.82, 2.24) is 15.3 Å². The zero-order valence-electron chi connectivity index (χ0n) is 10.1. The van der Waals surface area contributed by atoms with Crippen molar-refractivity contribution in [3.63, 3.8) is 0 Å². The number of aromatic nitrogens is 2. The maximum absolute atomic E-state index is 5.91. The van der Waals surface area contributed by atoms with E-state index in [1.54, 1.807) is 6.33 Å². The molecule has 17 heavy (non-hydrogen) atoms. The van der Waals surface area contributed by atoms with E-state index in [9.17, 15) is 0 Å². The first-order valence-corrected chi connectivity index (χ1v) is 6.60. The smallest absolute Gasteiger partial charge is 0.219 e. The van der Waals surface area contributed by atoms with E-state index in [1.807, 2.05) is 0 Å². The highest BCUT2D eigenvalue weighted by atomic mass is 16.5. The van der Waals surface area contributed by atoms with Crippen LogP contribution in [0.25, 0.3) is 0 Å². The second-order valence-electron chi connectivity index (χ2n) is 4.96. The molecule has 1 aromatic heterocycles. The number of nitrogens with one attached hydrogen (secondary N) is 1. The van der Waals surface area contributed by atoms with Crippen LogP contribution in [0, 0.1) is 5.92 Å². The molecule has 1 aliphatic heterocycles. The largest absolute Gasteiger partial charge is 0.477 e. The molecule has 1 aliphatic carbocycles. The molecular formula is C13H19N3O. The molecule has 0 unspecified atom stereocenters. The Morgan fingerprint density at radius 3 is 3.00 bits per heavy atom. The summed E-state index contributed by atoms with van der Waals surface area (Å²) in [5.74, 6) is 1.52. The molecule has 2 aliphatic rings. The fourth-order valence-corrected chi connectivity index (χ4v) is 2.70. The predicted octanol–water partition coefficient (Wildman–Crippen LogP) is 1.34. The molecule has 2 heterocycles. The van der Waals surface area contributed by atoms with E-state index in [4.69, 9.17) is 4.74 Å². The number of hydrogen-bond donors (Lipinski definition) is 1. The van der Waals surface area contributed by atoms with Crippen molar-refractivity contribution in [2.24, 2.45) is 5.92 Å². The van der Waals surface area contributed by atoms with Crippen molar-refractivity contribution < 1.29 is 4.74 Å². The summed E-state index contributed by atoms with van der Waals surface area (Å²) in [6.45, 7) is 3.05. The van der Waals surface area contributed by atoms with Crippen LogP contribution in [0.5, 0.6) is 5.88 Å². The number of fused-ring (bicyclic) bond motifs is 1. The van der Waals surface area contributed by atoms with Crippen molar-refractivity contribution in [3.05, 3.63) is 17.6 Å². The highest BCUT2D eigenvalue weighted by Crippen LogP contribution is 2.27. The molecule has 4 nitrogen and oxygen atoms in total. The van der Waals surface area contributed by atoms with Gasteiger partial charge in [0.1, 0.15) is 6.33 Å². The lowest BCUT2D eigenvalue weighted by Crippen LogP contribution is -2.30. The van der Waals surface area contributed by atoms with Crippen LogP contribution in [0.1, 0.15) is 30.5 Å². The lowest BCUT2D eigenvalue weighted by atomic mass is 9.99. The van der Waals surface area contributed by atoms with Gasteiger partial charge < -0.3 is 10.1 Å². The number of ether oxygens (including phenoxy) is 1. The predicted molar refractivity (Wildman–Crippen MR) is 65.1 cm³/mol. The first-order valence-electron chi connectivity index (χ1n) is 6.60. The quantitative estimate of drug-likeness (QED) is 0.856. The zero-order chi connectivity index (χ0) is 11.5. The minimum Gasteiger partial charge on any atom is -0.477 e. The summed E-state index contributed by atoms with van der Waals surface area (Å²) in [5, 5.41) is 3.37. The SMILES string of the molecule is c1nc2c(c(OCC3CCNCC3)n1)CCC2. The Bertz CT molecular complexity index is 388. The third-order valence-corrected chi connectivity index (χ3v) is 3.75. The summed E-state index contributed by atoms with van der Waals surface area (Å²) < 4.78 is 5.91. The van der Waals surface area contributed by atoms with Gasteiger partial charge in [-0.25, -0.2) is 9.97 Å². The lowest BCUT2D eigenvalue weighted by Gasteiger charge is -2.22. The Morgan fingerprint density at radius 1 is 1.24 bits per heavy atom. The standard InChI is InChI=1S/C13H19N3O/c1-2-11-12(3-1)15-9-16-13(11)17-8-10-4-6-14-7-5-10/h9-10,14H,1-8H2. The van der Waals surface area contributed by atoms with Crippen LogP contribution in [0.4, 0.5) is 0 Å². The van der Waals surface area contributed by atoms with Gasteiger partial charge in [0.25, 0.3) is 0 Å². The number of nitrogens with zero attached hydrogens (tertiary/aromatic N) is 2. The van der Waals surface area contributed by atoms with Crippen molar-refractivity contribution >= 4 is 0 Å². The van der Waals surface area contributed by atoms with E-state index in [0.29, 0.717) is 5.92 Å². The molecule has 0 amide bonds. The fraction of sp³-hybridized carbons (Fsp3) is 0.692. The molecule has 0 atom stereocenters. The normalized spacial score (nSPS) is 20.2. The zero-order valence-corrected chi connectivity index (χ0v) is 10.1. The molecule has 1 fully saturated rings. The summed E-state index contributed by atoms with van der Waals surface area (Å²) in [6.07, 6.45) is 7.43. The van der Waals surface area contributed by atoms with Crippen LogP contribution in [0.15, 0.2) is 6.33 Å². The maximum atomic E-state index is 5.91. The summed E-state index contributed by atoms with van der Waals surface area (Å²) in [5.41, 5.74) is 2.45. The lowest BCUT2D eigenvalue weighted by molar-refractivity contribution is 0.207. The van der Waals surface area contributed by atoms with Gasteiger partial charge in [-0.3, -0.25) is 0 Å². The van der Waals surface area contributed by atoms with Gasteiger partial charge in [0, 0.05) is 5.56 Å². The van der Waals surface area contributed by atoms with Gasteiger partial charge in [-0.05, 0) is 51.1 Å². The molecule has 3 rings (SSSR count). The van der Waals surface area contributed by atoms with Gasteiger partial charge in [-0.15, -0.1) is 0 Å². The highest BCUT2D eigenvalue weighted by Gasteiger charge is 2.19. The molecule has 0 radical (unpaired) electrons. The van der Waals surface area contributed by atoms with Crippen LogP contribution in [0.3, 0.4) is 0 Å². The van der Waals surface area contributed by atoms with Gasteiger partial charge in [0.2, 0.25) is 5.88 Å². The second-order valence-corrected chi connectivity index (χ2v) is 4.96. The summed E-state index contributed by atoms with van der Waals surface area (Å²) >= 11 is 0. The third-order valence-electron chi connectivity index (χ3n) is 3.75. The monoisotopic (exact) mass is 233 g/mol. The number of hydrogen-bond acceptors (Lipinski definition) is 4. The molecule has 0 bridgehead atoms. The molecule has 0 spiro atoms. The Kier molecular flexibility index (Phi) is 3.22. The average Bonchev–Trinajstić information content (AvgIpc) is 2.86. The summed E-state index contributed by atoms with van der Waals surface area (Å²) in [6, 6.07) is 0. The van der Waals surface area contributed by atoms with Crippen molar-refractivity contribution in [2.45, 2.75) is 32.1 Å². The van der Waals surface area contributed by atoms with E-state index >= 15 is 0 Å². The molecule has 1 aromatic rings. The Labute approximate surface area is 102 Å². The molecule has 1 N–H and O–H groups in total. The molecule has 0 saturated carbocycles. The Morgan fingerprint density at radius 2 is 2.12 bits per heavy atom. The van der Waals surface area contributed by atoms with Crippen LogP contribution in [-0.2, 0) is 12.8 Å². The first-order chi connectivity index (χ1) is 8.43. The Hall–Kier alpha value is -1.16. The van der Waals surface area contributed by atoms with E-state index in [-0.39, 0.29) is 0 Å². The molecule has 0 aromatic carbocycles. The van der Waals surface area contributed by atoms with E-state index < -0.39 is 0 Å². The van der Waals surface area contributed by atoms with Crippen LogP contribution < -0.4 is 10.1 Å². The van der Waals surface area contributed by atoms with Crippen molar-refractivity contribution in [1.29, 1.82) is 0 Å². The third kappa shape index (κ3) is 2.41. The van der Waals surface area contributed by atoms with Crippen molar-refractivity contribution in [2.75, 3.05) is 19.7 Å². The Balaban J connectivity index is 1.63. The van der Waals surface area contributed by atoms with Crippen molar-refractivity contribution in [3.8, 4) is 5.88 Å². The van der Waals surface area contributed by atoms with E-state index in [2.05, 4.69) is 15.3 Å². The van der Waals surface area contributed by atoms with Gasteiger partial charge in [-0.2, -0.15) is 0 Å². The highest BCUT2D eigenvalue weighted by molar-refractivity contribution is 5.33. The minimum atomic E-state index is 0.684. The van der Waals surface area contributed by atoms with Gasteiger partial charge in [0.15, 0.2) is 0 Å². The first kappa shape index (κ1) is 11.0. The maximum Gasteiger partial charge on any atom is 0.219 e. The van der Waals surface area contributed by atoms with Crippen LogP contribution in [-0.4, -0.2) is 29.7 Å². The van der Waals surface area contributed by atoms with E-state index in [0.717, 1.165) is 38.4 Å². The van der Waals surface area contributed by atoms with E-state index in [1.165, 1.54) is 30.5 Å². The van der Waals surface area contributed by atoms with Gasteiger partial charge in [0.05, 0.1) is 12.3 Å². The number of aryl methyl sites for hydroxylation is 1. The molecule has 92 valence electrons. The number of piperidine rings is 1. The number of rotatable bonds is 3. The molecular weight excluding hydrogens is 214 g/mol. The van der Waals surface area contributed by atoms with Crippen LogP contribution >= 0.6 is 0 Å². The second kappa shape index (κ2) is 5.00. The average molecular weight is 233 g/mol. The topological polar surface area (TPSA) is 47.0 Å². The molecule has 1 saturated heterocycles. The summed E-state index contributed by atoms with van der Waals surface area (Å²) in [7, 11) is 0. The fourth-order valence-electron chi connectivity index (χ4n) is 2.70.